The third-order valence-electron chi connectivity index (χ3n) is 5.52. The molecule has 7 rings (SSSR count). The van der Waals surface area contributed by atoms with Gasteiger partial charge >= 0.3 is 11.4 Å². The van der Waals surface area contributed by atoms with E-state index < -0.39 is 22.5 Å². The van der Waals surface area contributed by atoms with Crippen molar-refractivity contribution in [1.29, 1.82) is 0 Å². The second-order valence-corrected chi connectivity index (χ2v) is 12.1. The van der Waals surface area contributed by atoms with Gasteiger partial charge in [-0.05, 0) is 0 Å². The number of nitrogens with one attached hydrogen (secondary N) is 2. The average Bonchev–Trinajstić information content (AvgIpc) is 3.62. The molecular formula is C20H8N6O6S4. The van der Waals surface area contributed by atoms with Gasteiger partial charge in [0.15, 0.2) is 11.3 Å². The Morgan fingerprint density at radius 1 is 0.639 bits per heavy atom. The summed E-state index contributed by atoms with van der Waals surface area (Å²) < 4.78 is 3.30. The van der Waals surface area contributed by atoms with Crippen LogP contribution in [0.1, 0.15) is 0 Å². The smallest absolute Gasteiger partial charge is 0.334 e. The van der Waals surface area contributed by atoms with Gasteiger partial charge in [0, 0.05) is 24.8 Å². The number of fused-ring (bicyclic) bond motifs is 4. The standard InChI is InChI=1S/C20H8N6O6S4/c27-7-9-10(34-17(33-9)5-13-21-1-3-25(13)19(31)23-15(5)29)8(28)12-11(7)35-18(36-12)6-14-22-2-4-26(14)20(32)24-16(6)30/h1-4,27-28H,(H,23,29,31)(H,24,30,32). The summed E-state index contributed by atoms with van der Waals surface area (Å²) in [5, 5.41) is 22.6. The number of imidazole rings is 2. The molecule has 0 spiro atoms. The topological polar surface area (TPSA) is 175 Å². The highest BCUT2D eigenvalue weighted by atomic mass is 32.2. The first-order valence-corrected chi connectivity index (χ1v) is 13.2. The minimum atomic E-state index is -0.628. The second kappa shape index (κ2) is 7.45. The van der Waals surface area contributed by atoms with E-state index in [4.69, 9.17) is 0 Å². The summed E-state index contributed by atoms with van der Waals surface area (Å²) in [5.74, 6) is -0.240. The highest BCUT2D eigenvalue weighted by molar-refractivity contribution is 8.33. The van der Waals surface area contributed by atoms with Gasteiger partial charge in [0.25, 0.3) is 11.1 Å². The molecule has 0 fully saturated rings. The van der Waals surface area contributed by atoms with Crippen LogP contribution in [0.25, 0.3) is 19.8 Å². The van der Waals surface area contributed by atoms with Gasteiger partial charge in [0.1, 0.15) is 21.9 Å². The van der Waals surface area contributed by atoms with Crippen molar-refractivity contribution in [2.24, 2.45) is 0 Å². The largest absolute Gasteiger partial charge is 0.505 e. The fourth-order valence-corrected chi connectivity index (χ4v) is 9.35. The predicted molar refractivity (Wildman–Crippen MR) is 135 cm³/mol. The van der Waals surface area contributed by atoms with Crippen LogP contribution in [0.15, 0.2) is 63.5 Å². The fourth-order valence-electron chi connectivity index (χ4n) is 3.95. The lowest BCUT2D eigenvalue weighted by atomic mass is 10.3. The van der Waals surface area contributed by atoms with Gasteiger partial charge in [-0.15, -0.1) is 0 Å². The van der Waals surface area contributed by atoms with Crippen molar-refractivity contribution < 1.29 is 10.2 Å². The van der Waals surface area contributed by atoms with Gasteiger partial charge in [-0.2, -0.15) is 0 Å². The third-order valence-corrected chi connectivity index (χ3v) is 10.7. The Labute approximate surface area is 213 Å². The molecule has 16 heteroatoms. The summed E-state index contributed by atoms with van der Waals surface area (Å²) in [7, 11) is 0. The lowest BCUT2D eigenvalue weighted by molar-refractivity contribution is 0.411. The van der Waals surface area contributed by atoms with Crippen LogP contribution in [-0.4, -0.2) is 39.0 Å². The number of phenols is 2. The molecule has 36 heavy (non-hydrogen) atoms. The zero-order valence-corrected chi connectivity index (χ0v) is 20.5. The van der Waals surface area contributed by atoms with E-state index in [2.05, 4.69) is 19.9 Å². The number of aromatic amines is 2. The number of phenolic OH excluding ortho intramolecular Hbond substituents is 2. The number of rotatable bonds is 0. The minimum absolute atomic E-state index is 0.120. The Balaban J connectivity index is 1.44. The van der Waals surface area contributed by atoms with E-state index in [9.17, 15) is 29.4 Å². The normalized spacial score (nSPS) is 14.8. The Bertz CT molecular complexity index is 1990. The number of nitrogens with zero attached hydrogens (tertiary/aromatic N) is 4. The molecule has 0 saturated heterocycles. The number of aromatic hydroxyl groups is 2. The lowest BCUT2D eigenvalue weighted by Crippen LogP contribution is -2.38. The molecule has 0 bridgehead atoms. The zero-order chi connectivity index (χ0) is 24.9. The number of H-pyrrole nitrogens is 2. The van der Waals surface area contributed by atoms with Crippen molar-refractivity contribution in [1.82, 2.24) is 28.7 Å². The van der Waals surface area contributed by atoms with Crippen LogP contribution in [-0.2, 0) is 0 Å². The Kier molecular flexibility index (Phi) is 4.48. The summed E-state index contributed by atoms with van der Waals surface area (Å²) in [6, 6.07) is 0. The van der Waals surface area contributed by atoms with Gasteiger partial charge in [-0.1, -0.05) is 47.0 Å². The van der Waals surface area contributed by atoms with Crippen molar-refractivity contribution in [2.75, 3.05) is 0 Å². The van der Waals surface area contributed by atoms with E-state index in [0.29, 0.717) is 28.1 Å². The van der Waals surface area contributed by atoms with Crippen LogP contribution in [0, 0.1) is 0 Å². The Morgan fingerprint density at radius 2 is 1.00 bits per heavy atom. The summed E-state index contributed by atoms with van der Waals surface area (Å²) in [5.41, 5.74) is -2.15. The van der Waals surface area contributed by atoms with Crippen LogP contribution in [0.2, 0.25) is 0 Å². The third kappa shape index (κ3) is 2.83. The van der Waals surface area contributed by atoms with Crippen LogP contribution in [0.4, 0.5) is 0 Å². The molecule has 4 aromatic heterocycles. The molecule has 0 amide bonds. The minimum Gasteiger partial charge on any atom is -0.505 e. The van der Waals surface area contributed by atoms with E-state index in [1.54, 1.807) is 0 Å². The molecule has 0 atom stereocenters. The highest BCUT2D eigenvalue weighted by Gasteiger charge is 2.36. The van der Waals surface area contributed by atoms with Crippen molar-refractivity contribution >= 4 is 66.8 Å². The van der Waals surface area contributed by atoms with Crippen LogP contribution in [0.3, 0.4) is 0 Å². The summed E-state index contributed by atoms with van der Waals surface area (Å²) >= 11 is 4.31. The van der Waals surface area contributed by atoms with Crippen molar-refractivity contribution in [3.8, 4) is 11.5 Å². The average molecular weight is 557 g/mol. The van der Waals surface area contributed by atoms with E-state index in [0.717, 1.165) is 47.0 Å². The first-order valence-electron chi connectivity index (χ1n) is 9.94. The molecule has 5 aromatic rings. The molecule has 178 valence electrons. The molecule has 2 aliphatic rings. The SMILES string of the molecule is O=c1[nH]c(=O)n2ccnc2c1=C1Sc2c(O)c3c(c(O)c2S1)SC(=c1c(=O)[nH]c(=O)n2ccnc12)S3. The van der Waals surface area contributed by atoms with Crippen LogP contribution < -0.4 is 32.9 Å². The number of hydrogen-bond donors (Lipinski definition) is 4. The Morgan fingerprint density at radius 3 is 1.36 bits per heavy atom. The molecule has 4 N–H and O–H groups in total. The maximum absolute atomic E-state index is 12.6. The molecule has 0 unspecified atom stereocenters. The van der Waals surface area contributed by atoms with E-state index >= 15 is 0 Å². The molecule has 0 saturated carbocycles. The second-order valence-electron chi connectivity index (χ2n) is 7.51. The van der Waals surface area contributed by atoms with Gasteiger partial charge < -0.3 is 10.2 Å². The maximum Gasteiger partial charge on any atom is 0.334 e. The molecule has 6 heterocycles. The summed E-state index contributed by atoms with van der Waals surface area (Å²) in [6.45, 7) is 0. The zero-order valence-electron chi connectivity index (χ0n) is 17.3. The quantitative estimate of drug-likeness (QED) is 0.186. The van der Waals surface area contributed by atoms with Gasteiger partial charge in [0.05, 0.1) is 28.1 Å². The molecule has 0 radical (unpaired) electrons. The summed E-state index contributed by atoms with van der Waals surface area (Å²) in [4.78, 5) is 63.5. The maximum atomic E-state index is 12.6. The highest BCUT2D eigenvalue weighted by Crippen LogP contribution is 2.67. The molecule has 12 nitrogen and oxygen atoms in total. The lowest BCUT2D eigenvalue weighted by Gasteiger charge is -2.08. The molecule has 0 aliphatic carbocycles. The predicted octanol–water partition coefficient (Wildman–Crippen LogP) is -0.145. The number of hydrogen-bond acceptors (Lipinski definition) is 12. The van der Waals surface area contributed by atoms with Gasteiger partial charge in [-0.3, -0.25) is 28.4 Å². The van der Waals surface area contributed by atoms with Gasteiger partial charge in [0.2, 0.25) is 0 Å². The van der Waals surface area contributed by atoms with Crippen LogP contribution >= 0.6 is 47.0 Å². The fraction of sp³-hybridized carbons (Fsp3) is 0. The molecular weight excluding hydrogens is 549 g/mol. The van der Waals surface area contributed by atoms with Crippen molar-refractivity contribution in [3.63, 3.8) is 0 Å². The first kappa shape index (κ1) is 21.7. The Hall–Kier alpha value is -3.60. The number of benzene rings is 1. The molecule has 2 aliphatic heterocycles. The summed E-state index contributed by atoms with van der Waals surface area (Å²) in [6.07, 6.45) is 5.66. The van der Waals surface area contributed by atoms with Gasteiger partial charge in [-0.25, -0.2) is 19.6 Å². The van der Waals surface area contributed by atoms with E-state index in [-0.39, 0.29) is 33.2 Å². The van der Waals surface area contributed by atoms with Crippen molar-refractivity contribution in [2.45, 2.75) is 19.6 Å². The van der Waals surface area contributed by atoms with Crippen molar-refractivity contribution in [3.05, 3.63) is 76.9 Å². The van der Waals surface area contributed by atoms with Crippen LogP contribution in [0.5, 0.6) is 11.5 Å². The number of thioether (sulfide) groups is 4. The van der Waals surface area contributed by atoms with E-state index in [1.165, 1.54) is 33.6 Å². The molecule has 1 aromatic carbocycles. The monoisotopic (exact) mass is 556 g/mol. The number of aromatic nitrogens is 6. The van der Waals surface area contributed by atoms with E-state index in [1.807, 2.05) is 0 Å². The first-order chi connectivity index (χ1) is 17.3.